The Hall–Kier alpha value is -1.57. The van der Waals surface area contributed by atoms with Gasteiger partial charge in [-0.3, -0.25) is 4.72 Å². The van der Waals surface area contributed by atoms with Gasteiger partial charge in [-0.25, -0.2) is 12.8 Å². The fourth-order valence-electron chi connectivity index (χ4n) is 1.44. The molecule has 0 amide bonds. The third kappa shape index (κ3) is 3.06. The summed E-state index contributed by atoms with van der Waals surface area (Å²) in [6.45, 7) is -0.315. The molecule has 2 aromatic rings. The molecule has 0 saturated heterocycles. The Balaban J connectivity index is 2.30. The Morgan fingerprint density at radius 2 is 2.11 bits per heavy atom. The minimum absolute atomic E-state index is 0.0918. The standard InChI is InChI=1S/C11H10ClFN2O3S/c12-7-1-2-11(10(13)3-7)15-19(17,18)9-4-8(6-16)14-5-9/h1-5,14-16H,6H2. The van der Waals surface area contributed by atoms with Gasteiger partial charge < -0.3 is 10.1 Å². The van der Waals surface area contributed by atoms with E-state index in [1.807, 2.05) is 0 Å². The molecule has 0 aliphatic carbocycles. The molecule has 0 bridgehead atoms. The highest BCUT2D eigenvalue weighted by Gasteiger charge is 2.18. The lowest BCUT2D eigenvalue weighted by Crippen LogP contribution is -2.13. The van der Waals surface area contributed by atoms with Crippen LogP contribution in [0, 0.1) is 5.82 Å². The molecule has 0 unspecified atom stereocenters. The summed E-state index contributed by atoms with van der Waals surface area (Å²) in [5.41, 5.74) is 0.146. The number of benzene rings is 1. The molecule has 0 fully saturated rings. The van der Waals surface area contributed by atoms with Crippen LogP contribution in [0.15, 0.2) is 35.4 Å². The summed E-state index contributed by atoms with van der Waals surface area (Å²) in [4.78, 5) is 2.50. The van der Waals surface area contributed by atoms with Gasteiger partial charge in [0.05, 0.1) is 12.3 Å². The van der Waals surface area contributed by atoms with Gasteiger partial charge in [0.1, 0.15) is 10.7 Å². The summed E-state index contributed by atoms with van der Waals surface area (Å²) >= 11 is 5.58. The minimum Gasteiger partial charge on any atom is -0.390 e. The first-order valence-electron chi connectivity index (χ1n) is 5.18. The number of hydrogen-bond acceptors (Lipinski definition) is 3. The van der Waals surface area contributed by atoms with Crippen LogP contribution in [-0.4, -0.2) is 18.5 Å². The number of halogens is 2. The topological polar surface area (TPSA) is 82.2 Å². The van der Waals surface area contributed by atoms with Crippen molar-refractivity contribution in [2.24, 2.45) is 0 Å². The number of aliphatic hydroxyl groups excluding tert-OH is 1. The van der Waals surface area contributed by atoms with Crippen LogP contribution in [0.4, 0.5) is 10.1 Å². The fraction of sp³-hybridized carbons (Fsp3) is 0.0909. The highest BCUT2D eigenvalue weighted by molar-refractivity contribution is 7.92. The number of aromatic amines is 1. The van der Waals surface area contributed by atoms with E-state index < -0.39 is 15.8 Å². The quantitative estimate of drug-likeness (QED) is 0.809. The van der Waals surface area contributed by atoms with Crippen LogP contribution < -0.4 is 4.72 Å². The molecule has 3 N–H and O–H groups in total. The molecular weight excluding hydrogens is 295 g/mol. The van der Waals surface area contributed by atoms with Gasteiger partial charge in [0.25, 0.3) is 10.0 Å². The molecule has 1 heterocycles. The molecule has 0 spiro atoms. The van der Waals surface area contributed by atoms with Crippen LogP contribution in [-0.2, 0) is 16.6 Å². The summed E-state index contributed by atoms with van der Waals surface area (Å²) in [6, 6.07) is 4.87. The number of nitrogens with one attached hydrogen (secondary N) is 2. The molecule has 8 heteroatoms. The van der Waals surface area contributed by atoms with E-state index in [1.54, 1.807) is 0 Å². The molecule has 0 saturated carbocycles. The smallest absolute Gasteiger partial charge is 0.263 e. The molecule has 102 valence electrons. The second kappa shape index (κ2) is 5.20. The Labute approximate surface area is 114 Å². The minimum atomic E-state index is -3.91. The van der Waals surface area contributed by atoms with Crippen LogP contribution in [0.3, 0.4) is 0 Å². The van der Waals surface area contributed by atoms with E-state index in [2.05, 4.69) is 9.71 Å². The number of rotatable bonds is 4. The second-order valence-corrected chi connectivity index (χ2v) is 5.87. The van der Waals surface area contributed by atoms with Crippen molar-refractivity contribution in [2.75, 3.05) is 4.72 Å². The molecule has 0 radical (unpaired) electrons. The van der Waals surface area contributed by atoms with Crippen LogP contribution in [0.2, 0.25) is 5.02 Å². The first-order chi connectivity index (χ1) is 8.92. The van der Waals surface area contributed by atoms with Crippen molar-refractivity contribution in [1.82, 2.24) is 4.98 Å². The number of anilines is 1. The Morgan fingerprint density at radius 1 is 1.37 bits per heavy atom. The Kier molecular flexibility index (Phi) is 3.79. The second-order valence-electron chi connectivity index (χ2n) is 3.75. The van der Waals surface area contributed by atoms with Crippen molar-refractivity contribution in [3.05, 3.63) is 47.0 Å². The molecule has 19 heavy (non-hydrogen) atoms. The number of hydrogen-bond donors (Lipinski definition) is 3. The van der Waals surface area contributed by atoms with Crippen molar-refractivity contribution in [3.8, 4) is 0 Å². The van der Waals surface area contributed by atoms with Crippen molar-refractivity contribution >= 4 is 27.3 Å². The number of H-pyrrole nitrogens is 1. The molecule has 0 atom stereocenters. The molecule has 0 aliphatic heterocycles. The maximum absolute atomic E-state index is 13.5. The third-order valence-corrected chi connectivity index (χ3v) is 3.95. The third-order valence-electron chi connectivity index (χ3n) is 2.37. The zero-order chi connectivity index (χ0) is 14.0. The lowest BCUT2D eigenvalue weighted by atomic mass is 10.3. The van der Waals surface area contributed by atoms with E-state index in [0.29, 0.717) is 5.69 Å². The van der Waals surface area contributed by atoms with Gasteiger partial charge >= 0.3 is 0 Å². The average Bonchev–Trinajstić information content (AvgIpc) is 2.82. The SMILES string of the molecule is O=S(=O)(Nc1ccc(Cl)cc1F)c1c[nH]c(CO)c1. The molecular formula is C11H10ClFN2O3S. The fourth-order valence-corrected chi connectivity index (χ4v) is 2.68. The highest BCUT2D eigenvalue weighted by Crippen LogP contribution is 2.22. The zero-order valence-corrected chi connectivity index (χ0v) is 11.1. The van der Waals surface area contributed by atoms with E-state index in [-0.39, 0.29) is 22.2 Å². The maximum Gasteiger partial charge on any atom is 0.263 e. The Morgan fingerprint density at radius 3 is 2.68 bits per heavy atom. The summed E-state index contributed by atoms with van der Waals surface area (Å²) in [5, 5.41) is 9.03. The van der Waals surface area contributed by atoms with Gasteiger partial charge in [0.15, 0.2) is 0 Å². The van der Waals surface area contributed by atoms with Gasteiger partial charge in [-0.2, -0.15) is 0 Å². The van der Waals surface area contributed by atoms with Crippen molar-refractivity contribution in [3.63, 3.8) is 0 Å². The molecule has 0 aliphatic rings. The predicted octanol–water partition coefficient (Wildman–Crippen LogP) is 2.10. The molecule has 2 rings (SSSR count). The van der Waals surface area contributed by atoms with E-state index in [9.17, 15) is 12.8 Å². The summed E-state index contributed by atoms with van der Waals surface area (Å²) in [5.74, 6) is -0.769. The van der Waals surface area contributed by atoms with Crippen LogP contribution in [0.25, 0.3) is 0 Å². The van der Waals surface area contributed by atoms with Gasteiger partial charge in [-0.15, -0.1) is 0 Å². The van der Waals surface area contributed by atoms with Crippen molar-refractivity contribution in [1.29, 1.82) is 0 Å². The first-order valence-corrected chi connectivity index (χ1v) is 7.04. The van der Waals surface area contributed by atoms with Crippen LogP contribution in [0.5, 0.6) is 0 Å². The number of aliphatic hydroxyl groups is 1. The lowest BCUT2D eigenvalue weighted by molar-refractivity contribution is 0.277. The lowest BCUT2D eigenvalue weighted by Gasteiger charge is -2.07. The van der Waals surface area contributed by atoms with E-state index >= 15 is 0 Å². The van der Waals surface area contributed by atoms with Crippen LogP contribution >= 0.6 is 11.6 Å². The molecule has 1 aromatic heterocycles. The summed E-state index contributed by atoms with van der Waals surface area (Å²) in [7, 11) is -3.91. The first kappa shape index (κ1) is 13.9. The summed E-state index contributed by atoms with van der Waals surface area (Å²) < 4.78 is 39.5. The van der Waals surface area contributed by atoms with E-state index in [0.717, 1.165) is 6.07 Å². The predicted molar refractivity (Wildman–Crippen MR) is 68.9 cm³/mol. The van der Waals surface area contributed by atoms with E-state index in [4.69, 9.17) is 16.7 Å². The zero-order valence-electron chi connectivity index (χ0n) is 9.52. The van der Waals surface area contributed by atoms with Crippen molar-refractivity contribution in [2.45, 2.75) is 11.5 Å². The van der Waals surface area contributed by atoms with Crippen LogP contribution in [0.1, 0.15) is 5.69 Å². The largest absolute Gasteiger partial charge is 0.390 e. The van der Waals surface area contributed by atoms with Crippen molar-refractivity contribution < 1.29 is 17.9 Å². The Bertz CT molecular complexity index is 700. The number of sulfonamides is 1. The van der Waals surface area contributed by atoms with Gasteiger partial charge in [0.2, 0.25) is 0 Å². The molecule has 5 nitrogen and oxygen atoms in total. The monoisotopic (exact) mass is 304 g/mol. The average molecular weight is 305 g/mol. The normalized spacial score (nSPS) is 11.5. The number of aromatic nitrogens is 1. The maximum atomic E-state index is 13.5. The van der Waals surface area contributed by atoms with Gasteiger partial charge in [0, 0.05) is 16.9 Å². The molecule has 1 aromatic carbocycles. The highest BCUT2D eigenvalue weighted by atomic mass is 35.5. The van der Waals surface area contributed by atoms with Gasteiger partial charge in [-0.05, 0) is 24.3 Å². The van der Waals surface area contributed by atoms with E-state index in [1.165, 1.54) is 24.4 Å². The van der Waals surface area contributed by atoms with Gasteiger partial charge in [-0.1, -0.05) is 11.6 Å². The summed E-state index contributed by atoms with van der Waals surface area (Å²) in [6.07, 6.45) is 1.21.